The third-order valence-electron chi connectivity index (χ3n) is 2.77. The number of nitrogens with two attached hydrogens (primary N) is 1. The Kier molecular flexibility index (Phi) is 5.69. The number of nitrogens with zero attached hydrogens (tertiary/aromatic N) is 2. The molecule has 1 aliphatic rings. The highest BCUT2D eigenvalue weighted by Gasteiger charge is 2.19. The summed E-state index contributed by atoms with van der Waals surface area (Å²) in [5.74, 6) is 0. The minimum atomic E-state index is 0. The third kappa shape index (κ3) is 3.70. The van der Waals surface area contributed by atoms with Crippen molar-refractivity contribution in [2.75, 3.05) is 13.1 Å². The number of hydrogen-bond donors (Lipinski definition) is 1. The molecule has 3 nitrogen and oxygen atoms in total. The van der Waals surface area contributed by atoms with Crippen LogP contribution in [-0.2, 0) is 13.0 Å². The Bertz CT molecular complexity index is 316. The minimum absolute atomic E-state index is 0. The topological polar surface area (TPSA) is 42.1 Å². The van der Waals surface area contributed by atoms with Crippen molar-refractivity contribution in [1.29, 1.82) is 0 Å². The summed E-state index contributed by atoms with van der Waals surface area (Å²) in [6.45, 7) is 5.34. The number of thiazole rings is 1. The van der Waals surface area contributed by atoms with Crippen molar-refractivity contribution in [2.24, 2.45) is 5.73 Å². The lowest BCUT2D eigenvalue weighted by atomic mass is 10.3. The molecule has 2 N–H and O–H groups in total. The van der Waals surface area contributed by atoms with Gasteiger partial charge in [0.25, 0.3) is 0 Å². The second kappa shape index (κ2) is 6.55. The number of aryl methyl sites for hydroxylation is 1. The summed E-state index contributed by atoms with van der Waals surface area (Å²) >= 11 is 1.78. The van der Waals surface area contributed by atoms with Crippen molar-refractivity contribution in [3.05, 3.63) is 16.1 Å². The maximum atomic E-state index is 5.87. The Balaban J connectivity index is 0.00000128. The number of halogens is 1. The van der Waals surface area contributed by atoms with Gasteiger partial charge >= 0.3 is 0 Å². The molecule has 0 radical (unpaired) electrons. The maximum Gasteiger partial charge on any atom is 0.107 e. The van der Waals surface area contributed by atoms with Crippen LogP contribution in [0.15, 0.2) is 5.38 Å². The van der Waals surface area contributed by atoms with Crippen molar-refractivity contribution < 1.29 is 0 Å². The van der Waals surface area contributed by atoms with Crippen LogP contribution in [0.2, 0.25) is 0 Å². The summed E-state index contributed by atoms with van der Waals surface area (Å²) in [4.78, 5) is 7.03. The second-order valence-electron chi connectivity index (χ2n) is 4.27. The molecule has 1 aromatic heterocycles. The van der Waals surface area contributed by atoms with E-state index < -0.39 is 0 Å². The quantitative estimate of drug-likeness (QED) is 0.902. The predicted octanol–water partition coefficient (Wildman–Crippen LogP) is 2.05. The van der Waals surface area contributed by atoms with E-state index in [1.807, 2.05) is 0 Å². The van der Waals surface area contributed by atoms with Gasteiger partial charge in [-0.3, -0.25) is 4.90 Å². The molecule has 0 unspecified atom stereocenters. The van der Waals surface area contributed by atoms with Crippen molar-refractivity contribution in [2.45, 2.75) is 38.8 Å². The average molecular weight is 262 g/mol. The summed E-state index contributed by atoms with van der Waals surface area (Å²) in [6, 6.07) is 0.375. The van der Waals surface area contributed by atoms with Gasteiger partial charge in [0.2, 0.25) is 0 Å². The van der Waals surface area contributed by atoms with Crippen LogP contribution in [0.3, 0.4) is 0 Å². The first-order valence-corrected chi connectivity index (χ1v) is 6.57. The van der Waals surface area contributed by atoms with E-state index in [1.54, 1.807) is 11.3 Å². The lowest BCUT2D eigenvalue weighted by Gasteiger charge is -2.12. The SMILES string of the molecule is CCCc1csc(CN2CC[C@@H](N)C2)n1.Cl. The molecule has 0 bridgehead atoms. The summed E-state index contributed by atoms with van der Waals surface area (Å²) in [5.41, 5.74) is 7.12. The van der Waals surface area contributed by atoms with Gasteiger partial charge in [-0.1, -0.05) is 13.3 Å². The second-order valence-corrected chi connectivity index (χ2v) is 5.21. The van der Waals surface area contributed by atoms with Crippen LogP contribution in [0.1, 0.15) is 30.5 Å². The highest BCUT2D eigenvalue weighted by atomic mass is 35.5. The third-order valence-corrected chi connectivity index (χ3v) is 3.66. The van der Waals surface area contributed by atoms with Gasteiger partial charge in [0.05, 0.1) is 12.2 Å². The normalized spacial score (nSPS) is 21.0. The molecule has 0 spiro atoms. The van der Waals surface area contributed by atoms with Crippen molar-refractivity contribution in [3.63, 3.8) is 0 Å². The van der Waals surface area contributed by atoms with Gasteiger partial charge < -0.3 is 5.73 Å². The van der Waals surface area contributed by atoms with Gasteiger partial charge in [0, 0.05) is 24.5 Å². The Labute approximate surface area is 107 Å². The standard InChI is InChI=1S/C11H19N3S.ClH/c1-2-3-10-8-15-11(13-10)7-14-5-4-9(12)6-14;/h8-9H,2-7,12H2,1H3;1H/t9-;/m1./s1. The number of hydrogen-bond acceptors (Lipinski definition) is 4. The summed E-state index contributed by atoms with van der Waals surface area (Å²) in [6.07, 6.45) is 3.42. The van der Waals surface area contributed by atoms with Crippen LogP contribution in [0.25, 0.3) is 0 Å². The predicted molar refractivity (Wildman–Crippen MR) is 71.2 cm³/mol. The van der Waals surface area contributed by atoms with Crippen molar-refractivity contribution >= 4 is 23.7 Å². The van der Waals surface area contributed by atoms with E-state index in [0.717, 1.165) is 32.5 Å². The lowest BCUT2D eigenvalue weighted by Crippen LogP contribution is -2.26. The van der Waals surface area contributed by atoms with Gasteiger partial charge in [-0.15, -0.1) is 23.7 Å². The van der Waals surface area contributed by atoms with Crippen molar-refractivity contribution in [3.8, 4) is 0 Å². The van der Waals surface area contributed by atoms with E-state index in [4.69, 9.17) is 5.73 Å². The molecule has 0 aliphatic carbocycles. The minimum Gasteiger partial charge on any atom is -0.326 e. The summed E-state index contributed by atoms with van der Waals surface area (Å²) in [7, 11) is 0. The molecule has 2 rings (SSSR count). The largest absolute Gasteiger partial charge is 0.326 e. The van der Waals surface area contributed by atoms with Gasteiger partial charge in [-0.25, -0.2) is 4.98 Å². The Morgan fingerprint density at radius 3 is 3.06 bits per heavy atom. The summed E-state index contributed by atoms with van der Waals surface area (Å²) in [5, 5.41) is 3.43. The molecular formula is C11H20ClN3S. The smallest absolute Gasteiger partial charge is 0.107 e. The fraction of sp³-hybridized carbons (Fsp3) is 0.727. The fourth-order valence-electron chi connectivity index (χ4n) is 1.99. The number of likely N-dealkylation sites (tertiary alicyclic amines) is 1. The van der Waals surface area contributed by atoms with Crippen LogP contribution >= 0.6 is 23.7 Å². The maximum absolute atomic E-state index is 5.87. The monoisotopic (exact) mass is 261 g/mol. The Hall–Kier alpha value is -0.160. The molecule has 2 heterocycles. The number of aromatic nitrogens is 1. The molecule has 5 heteroatoms. The zero-order valence-electron chi connectivity index (χ0n) is 9.69. The van der Waals surface area contributed by atoms with E-state index in [0.29, 0.717) is 6.04 Å². The van der Waals surface area contributed by atoms with Gasteiger partial charge in [-0.05, 0) is 12.8 Å². The van der Waals surface area contributed by atoms with Gasteiger partial charge in [0.15, 0.2) is 0 Å². The molecule has 0 aromatic carbocycles. The van der Waals surface area contributed by atoms with Crippen LogP contribution in [-0.4, -0.2) is 29.0 Å². The molecule has 92 valence electrons. The van der Waals surface area contributed by atoms with E-state index in [2.05, 4.69) is 22.2 Å². The first-order valence-electron chi connectivity index (χ1n) is 5.69. The fourth-order valence-corrected chi connectivity index (χ4v) is 2.86. The highest BCUT2D eigenvalue weighted by molar-refractivity contribution is 7.09. The first-order chi connectivity index (χ1) is 7.28. The molecule has 1 saturated heterocycles. The zero-order chi connectivity index (χ0) is 10.7. The van der Waals surface area contributed by atoms with E-state index >= 15 is 0 Å². The van der Waals surface area contributed by atoms with Gasteiger partial charge in [-0.2, -0.15) is 0 Å². The molecule has 1 fully saturated rings. The molecule has 1 atom stereocenters. The van der Waals surface area contributed by atoms with Crippen LogP contribution in [0.5, 0.6) is 0 Å². The molecule has 16 heavy (non-hydrogen) atoms. The van der Waals surface area contributed by atoms with Crippen LogP contribution in [0.4, 0.5) is 0 Å². The van der Waals surface area contributed by atoms with Crippen molar-refractivity contribution in [1.82, 2.24) is 9.88 Å². The first kappa shape index (κ1) is 13.9. The molecule has 0 saturated carbocycles. The Morgan fingerprint density at radius 2 is 2.44 bits per heavy atom. The lowest BCUT2D eigenvalue weighted by molar-refractivity contribution is 0.326. The molecular weight excluding hydrogens is 242 g/mol. The zero-order valence-corrected chi connectivity index (χ0v) is 11.3. The Morgan fingerprint density at radius 1 is 1.62 bits per heavy atom. The van der Waals surface area contributed by atoms with Crippen LogP contribution in [0, 0.1) is 0 Å². The van der Waals surface area contributed by atoms with E-state index in [-0.39, 0.29) is 12.4 Å². The average Bonchev–Trinajstić information content (AvgIpc) is 2.78. The molecule has 1 aliphatic heterocycles. The van der Waals surface area contributed by atoms with E-state index in [9.17, 15) is 0 Å². The highest BCUT2D eigenvalue weighted by Crippen LogP contribution is 2.16. The van der Waals surface area contributed by atoms with E-state index in [1.165, 1.54) is 17.1 Å². The van der Waals surface area contributed by atoms with Gasteiger partial charge in [0.1, 0.15) is 5.01 Å². The summed E-state index contributed by atoms with van der Waals surface area (Å²) < 4.78 is 0. The number of rotatable bonds is 4. The van der Waals surface area contributed by atoms with Crippen LogP contribution < -0.4 is 5.73 Å². The molecule has 0 amide bonds. The molecule has 1 aromatic rings.